The molecule has 0 radical (unpaired) electrons. The lowest BCUT2D eigenvalue weighted by Gasteiger charge is -2.22. The van der Waals surface area contributed by atoms with E-state index in [1.54, 1.807) is 12.3 Å². The Morgan fingerprint density at radius 1 is 1.44 bits per heavy atom. The van der Waals surface area contributed by atoms with Gasteiger partial charge in [0.15, 0.2) is 0 Å². The number of rotatable bonds is 4. The number of carbonyl (C=O) groups is 1. The van der Waals surface area contributed by atoms with Crippen molar-refractivity contribution in [1.82, 2.24) is 4.98 Å². The van der Waals surface area contributed by atoms with Crippen molar-refractivity contribution in [2.75, 3.05) is 19.0 Å². The summed E-state index contributed by atoms with van der Waals surface area (Å²) in [4.78, 5) is 15.3. The van der Waals surface area contributed by atoms with Gasteiger partial charge in [-0.05, 0) is 30.9 Å². The smallest absolute Gasteiger partial charge is 0.356 e. The summed E-state index contributed by atoms with van der Waals surface area (Å²) in [5.74, 6) is 0.366. The monoisotopic (exact) mass is 248 g/mol. The van der Waals surface area contributed by atoms with E-state index in [0.717, 1.165) is 18.2 Å². The van der Waals surface area contributed by atoms with Crippen LogP contribution in [0.4, 0.5) is 5.69 Å². The Labute approximate surface area is 108 Å². The van der Waals surface area contributed by atoms with Crippen molar-refractivity contribution >= 4 is 11.7 Å². The summed E-state index contributed by atoms with van der Waals surface area (Å²) in [5.41, 5.74) is 1.29. The van der Waals surface area contributed by atoms with Crippen LogP contribution < -0.4 is 5.32 Å². The number of methoxy groups -OCH3 is 1. The second-order valence-corrected chi connectivity index (χ2v) is 4.81. The minimum absolute atomic E-state index is 0.353. The minimum atomic E-state index is -0.392. The average molecular weight is 248 g/mol. The van der Waals surface area contributed by atoms with Crippen LogP contribution in [-0.2, 0) is 4.74 Å². The highest BCUT2D eigenvalue weighted by Crippen LogP contribution is 2.24. The number of hydrogen-bond acceptors (Lipinski definition) is 4. The zero-order valence-corrected chi connectivity index (χ0v) is 10.8. The Hall–Kier alpha value is -1.58. The normalized spacial score (nSPS) is 16.3. The molecule has 0 spiro atoms. The van der Waals surface area contributed by atoms with Crippen molar-refractivity contribution in [3.05, 3.63) is 24.0 Å². The van der Waals surface area contributed by atoms with Crippen molar-refractivity contribution in [2.45, 2.75) is 32.1 Å². The van der Waals surface area contributed by atoms with Crippen LogP contribution in [0.3, 0.4) is 0 Å². The second kappa shape index (κ2) is 6.38. The van der Waals surface area contributed by atoms with Gasteiger partial charge in [0.25, 0.3) is 0 Å². The van der Waals surface area contributed by atoms with Crippen LogP contribution in [0.2, 0.25) is 0 Å². The summed E-state index contributed by atoms with van der Waals surface area (Å²) >= 11 is 0. The Bertz CT molecular complexity index is 401. The van der Waals surface area contributed by atoms with E-state index < -0.39 is 5.97 Å². The fourth-order valence-electron chi connectivity index (χ4n) is 2.41. The zero-order valence-electron chi connectivity index (χ0n) is 10.8. The van der Waals surface area contributed by atoms with Gasteiger partial charge in [0.2, 0.25) is 0 Å². The summed E-state index contributed by atoms with van der Waals surface area (Å²) in [6, 6.07) is 3.63. The molecule has 0 saturated heterocycles. The van der Waals surface area contributed by atoms with E-state index in [-0.39, 0.29) is 0 Å². The molecule has 1 aliphatic rings. The molecule has 2 rings (SSSR count). The first-order valence-electron chi connectivity index (χ1n) is 6.58. The highest BCUT2D eigenvalue weighted by Gasteiger charge is 2.13. The number of hydrogen-bond donors (Lipinski definition) is 1. The van der Waals surface area contributed by atoms with Crippen LogP contribution in [0.5, 0.6) is 0 Å². The highest BCUT2D eigenvalue weighted by molar-refractivity contribution is 5.88. The third kappa shape index (κ3) is 3.45. The molecule has 1 heterocycles. The fraction of sp³-hybridized carbons (Fsp3) is 0.571. The fourth-order valence-corrected chi connectivity index (χ4v) is 2.41. The van der Waals surface area contributed by atoms with Crippen LogP contribution in [0, 0.1) is 5.92 Å². The van der Waals surface area contributed by atoms with Crippen molar-refractivity contribution in [3.8, 4) is 0 Å². The van der Waals surface area contributed by atoms with Gasteiger partial charge in [0.1, 0.15) is 5.69 Å². The Kier molecular flexibility index (Phi) is 4.56. The Morgan fingerprint density at radius 2 is 2.22 bits per heavy atom. The van der Waals surface area contributed by atoms with Gasteiger partial charge >= 0.3 is 5.97 Å². The molecule has 0 atom stereocenters. The van der Waals surface area contributed by atoms with E-state index in [4.69, 9.17) is 0 Å². The van der Waals surface area contributed by atoms with Crippen molar-refractivity contribution in [1.29, 1.82) is 0 Å². The van der Waals surface area contributed by atoms with Crippen molar-refractivity contribution < 1.29 is 9.53 Å². The van der Waals surface area contributed by atoms with Gasteiger partial charge < -0.3 is 10.1 Å². The van der Waals surface area contributed by atoms with Gasteiger partial charge in [0, 0.05) is 18.4 Å². The third-order valence-electron chi connectivity index (χ3n) is 3.47. The van der Waals surface area contributed by atoms with E-state index in [2.05, 4.69) is 15.0 Å². The molecule has 1 aliphatic carbocycles. The Morgan fingerprint density at radius 3 is 2.94 bits per heavy atom. The molecule has 0 aromatic carbocycles. The maximum absolute atomic E-state index is 11.4. The van der Waals surface area contributed by atoms with E-state index in [0.29, 0.717) is 5.69 Å². The number of ether oxygens (including phenoxy) is 1. The van der Waals surface area contributed by atoms with Crippen LogP contribution in [-0.4, -0.2) is 24.6 Å². The summed E-state index contributed by atoms with van der Waals surface area (Å²) in [6.45, 7) is 0.977. The summed E-state index contributed by atoms with van der Waals surface area (Å²) in [5, 5.41) is 3.39. The van der Waals surface area contributed by atoms with Crippen molar-refractivity contribution in [2.24, 2.45) is 5.92 Å². The molecule has 1 saturated carbocycles. The number of aromatic nitrogens is 1. The lowest BCUT2D eigenvalue weighted by molar-refractivity contribution is 0.0594. The van der Waals surface area contributed by atoms with Crippen LogP contribution in [0.25, 0.3) is 0 Å². The van der Waals surface area contributed by atoms with E-state index in [1.807, 2.05) is 6.07 Å². The second-order valence-electron chi connectivity index (χ2n) is 4.81. The first-order valence-corrected chi connectivity index (χ1v) is 6.58. The van der Waals surface area contributed by atoms with Crippen LogP contribution in [0.15, 0.2) is 18.3 Å². The molecule has 1 aromatic rings. The lowest BCUT2D eigenvalue weighted by atomic mass is 9.89. The summed E-state index contributed by atoms with van der Waals surface area (Å²) in [6.07, 6.45) is 8.31. The first kappa shape index (κ1) is 12.9. The van der Waals surface area contributed by atoms with Gasteiger partial charge in [0.05, 0.1) is 7.11 Å². The number of esters is 1. The largest absolute Gasteiger partial charge is 0.464 e. The lowest BCUT2D eigenvalue weighted by Crippen LogP contribution is -2.17. The molecule has 1 N–H and O–H groups in total. The van der Waals surface area contributed by atoms with Crippen LogP contribution >= 0.6 is 0 Å². The molecular weight excluding hydrogens is 228 g/mol. The molecule has 0 aliphatic heterocycles. The molecule has 0 amide bonds. The minimum Gasteiger partial charge on any atom is -0.464 e. The average Bonchev–Trinajstić information content (AvgIpc) is 2.45. The number of anilines is 1. The molecule has 4 heteroatoms. The van der Waals surface area contributed by atoms with Crippen LogP contribution in [0.1, 0.15) is 42.6 Å². The molecule has 0 bridgehead atoms. The maximum Gasteiger partial charge on any atom is 0.356 e. The molecule has 4 nitrogen and oxygen atoms in total. The predicted molar refractivity (Wildman–Crippen MR) is 70.6 cm³/mol. The quantitative estimate of drug-likeness (QED) is 0.832. The SMILES string of the molecule is COC(=O)c1cc(NCC2CCCCC2)ccn1. The molecular formula is C14H20N2O2. The topological polar surface area (TPSA) is 51.2 Å². The molecule has 98 valence electrons. The van der Waals surface area contributed by atoms with E-state index in [9.17, 15) is 4.79 Å². The maximum atomic E-state index is 11.4. The van der Waals surface area contributed by atoms with E-state index in [1.165, 1.54) is 39.2 Å². The zero-order chi connectivity index (χ0) is 12.8. The van der Waals surface area contributed by atoms with Gasteiger partial charge in [-0.25, -0.2) is 9.78 Å². The summed E-state index contributed by atoms with van der Waals surface area (Å²) in [7, 11) is 1.37. The van der Waals surface area contributed by atoms with E-state index >= 15 is 0 Å². The third-order valence-corrected chi connectivity index (χ3v) is 3.47. The molecule has 1 fully saturated rings. The number of pyridine rings is 1. The Balaban J connectivity index is 1.90. The van der Waals surface area contributed by atoms with Gasteiger partial charge in [-0.1, -0.05) is 19.3 Å². The van der Waals surface area contributed by atoms with Crippen molar-refractivity contribution in [3.63, 3.8) is 0 Å². The highest BCUT2D eigenvalue weighted by atomic mass is 16.5. The molecule has 18 heavy (non-hydrogen) atoms. The number of carbonyl (C=O) groups excluding carboxylic acids is 1. The van der Waals surface area contributed by atoms with Gasteiger partial charge in [-0.3, -0.25) is 0 Å². The van der Waals surface area contributed by atoms with Gasteiger partial charge in [-0.2, -0.15) is 0 Å². The standard InChI is InChI=1S/C14H20N2O2/c1-18-14(17)13-9-12(7-8-15-13)16-10-11-5-3-2-4-6-11/h7-9,11H,2-6,10H2,1H3,(H,15,16). The molecule has 0 unspecified atom stereocenters. The number of nitrogens with zero attached hydrogens (tertiary/aromatic N) is 1. The summed E-state index contributed by atoms with van der Waals surface area (Å²) < 4.78 is 4.66. The number of nitrogens with one attached hydrogen (secondary N) is 1. The molecule has 1 aromatic heterocycles. The van der Waals surface area contributed by atoms with Gasteiger partial charge in [-0.15, -0.1) is 0 Å². The first-order chi connectivity index (χ1) is 8.79. The predicted octanol–water partition coefficient (Wildman–Crippen LogP) is 2.86.